The molecule has 0 aliphatic rings. The highest BCUT2D eigenvalue weighted by Crippen LogP contribution is 2.12. The van der Waals surface area contributed by atoms with Crippen LogP contribution in [0, 0.1) is 5.92 Å². The van der Waals surface area contributed by atoms with Gasteiger partial charge in [-0.05, 0) is 88.1 Å². The van der Waals surface area contributed by atoms with Crippen molar-refractivity contribution in [2.75, 3.05) is 13.1 Å². The summed E-state index contributed by atoms with van der Waals surface area (Å²) < 4.78 is 0. The summed E-state index contributed by atoms with van der Waals surface area (Å²) in [5, 5.41) is 26.9. The minimum atomic E-state index is -1.17. The number of carboxylic acids is 1. The smallest absolute Gasteiger partial charge is 0.326 e. The van der Waals surface area contributed by atoms with Crippen molar-refractivity contribution in [1.29, 1.82) is 0 Å². The van der Waals surface area contributed by atoms with E-state index in [1.807, 2.05) is 13.8 Å². The molecule has 0 saturated heterocycles. The lowest BCUT2D eigenvalue weighted by Crippen LogP contribution is -2.57. The Morgan fingerprint density at radius 2 is 1.26 bits per heavy atom. The Kier molecular flexibility index (Phi) is 15.7. The predicted octanol–water partition coefficient (Wildman–Crippen LogP) is 0.105. The fourth-order valence-electron chi connectivity index (χ4n) is 4.02. The minimum absolute atomic E-state index is 0.0397. The zero-order valence-electron chi connectivity index (χ0n) is 23.0. The summed E-state index contributed by atoms with van der Waals surface area (Å²) >= 11 is 0. The van der Waals surface area contributed by atoms with E-state index in [4.69, 9.17) is 17.2 Å². The number of phenols is 1. The van der Waals surface area contributed by atoms with Crippen LogP contribution in [0.3, 0.4) is 0 Å². The van der Waals surface area contributed by atoms with Crippen molar-refractivity contribution in [3.8, 4) is 5.75 Å². The third-order valence-electron chi connectivity index (χ3n) is 6.21. The third-order valence-corrected chi connectivity index (χ3v) is 6.21. The zero-order valence-corrected chi connectivity index (χ0v) is 23.0. The number of nitrogens with two attached hydrogens (primary N) is 3. The standard InChI is InChI=1S/C27H46N6O6/c1-17(2)15-23(33-24(35)20(30)16-18-9-11-19(34)12-10-18)26(37)31-21(7-3-5-13-28)25(36)32-22(27(38)39)8-4-6-14-29/h9-12,17,20-23,34H,3-8,13-16,28-30H2,1-2H3,(H,31,37)(H,32,36)(H,33,35)(H,38,39). The lowest BCUT2D eigenvalue weighted by molar-refractivity contribution is -0.142. The number of phenolic OH excluding ortho intramolecular Hbond substituents is 1. The summed E-state index contributed by atoms with van der Waals surface area (Å²) in [6, 6.07) is 2.31. The predicted molar refractivity (Wildman–Crippen MR) is 148 cm³/mol. The van der Waals surface area contributed by atoms with E-state index in [1.165, 1.54) is 12.1 Å². The first-order chi connectivity index (χ1) is 18.5. The molecule has 39 heavy (non-hydrogen) atoms. The van der Waals surface area contributed by atoms with Gasteiger partial charge >= 0.3 is 5.97 Å². The van der Waals surface area contributed by atoms with E-state index in [0.717, 1.165) is 5.56 Å². The number of unbranched alkanes of at least 4 members (excludes halogenated alkanes) is 2. The third kappa shape index (κ3) is 13.4. The van der Waals surface area contributed by atoms with Crippen LogP contribution in [-0.2, 0) is 25.6 Å². The molecule has 12 heteroatoms. The van der Waals surface area contributed by atoms with Gasteiger partial charge in [-0.3, -0.25) is 14.4 Å². The second kappa shape index (κ2) is 18.1. The van der Waals surface area contributed by atoms with E-state index in [2.05, 4.69) is 16.0 Å². The van der Waals surface area contributed by atoms with Gasteiger partial charge in [-0.25, -0.2) is 4.79 Å². The summed E-state index contributed by atoms with van der Waals surface area (Å²) in [5.41, 5.74) is 17.9. The Labute approximate surface area is 230 Å². The number of amides is 3. The normalized spacial score (nSPS) is 14.2. The van der Waals surface area contributed by atoms with Crippen LogP contribution in [0.25, 0.3) is 0 Å². The maximum Gasteiger partial charge on any atom is 0.326 e. The average molecular weight is 551 g/mol. The second-order valence-electron chi connectivity index (χ2n) is 10.2. The van der Waals surface area contributed by atoms with Crippen molar-refractivity contribution in [3.05, 3.63) is 29.8 Å². The number of hydrogen-bond acceptors (Lipinski definition) is 8. The Hall–Kier alpha value is -3.22. The molecular weight excluding hydrogens is 504 g/mol. The van der Waals surface area contributed by atoms with Gasteiger partial charge in [0.2, 0.25) is 17.7 Å². The molecule has 12 nitrogen and oxygen atoms in total. The lowest BCUT2D eigenvalue weighted by Gasteiger charge is -2.26. The van der Waals surface area contributed by atoms with Crippen LogP contribution in [0.15, 0.2) is 24.3 Å². The molecule has 0 spiro atoms. The summed E-state index contributed by atoms with van der Waals surface area (Å²) in [6.45, 7) is 4.61. The molecule has 1 aromatic carbocycles. The maximum absolute atomic E-state index is 13.3. The van der Waals surface area contributed by atoms with Gasteiger partial charge in [0.1, 0.15) is 23.9 Å². The summed E-state index contributed by atoms with van der Waals surface area (Å²) in [5.74, 6) is -2.73. The minimum Gasteiger partial charge on any atom is -0.508 e. The molecule has 0 aliphatic heterocycles. The number of nitrogens with one attached hydrogen (secondary N) is 3. The van der Waals surface area contributed by atoms with Gasteiger partial charge in [-0.15, -0.1) is 0 Å². The van der Waals surface area contributed by atoms with Crippen LogP contribution in [-0.4, -0.2) is 71.2 Å². The quantitative estimate of drug-likeness (QED) is 0.109. The number of rotatable bonds is 19. The first-order valence-electron chi connectivity index (χ1n) is 13.6. The number of benzene rings is 1. The number of carboxylic acid groups (broad SMARTS) is 1. The molecule has 0 radical (unpaired) electrons. The van der Waals surface area contributed by atoms with Gasteiger partial charge in [-0.2, -0.15) is 0 Å². The van der Waals surface area contributed by atoms with Gasteiger partial charge in [0, 0.05) is 0 Å². The molecular formula is C27H46N6O6. The van der Waals surface area contributed by atoms with Crippen LogP contribution in [0.2, 0.25) is 0 Å². The highest BCUT2D eigenvalue weighted by Gasteiger charge is 2.30. The number of aromatic hydroxyl groups is 1. The highest BCUT2D eigenvalue weighted by molar-refractivity contribution is 5.94. The molecule has 1 aromatic rings. The number of carbonyl (C=O) groups excluding carboxylic acids is 3. The summed E-state index contributed by atoms with van der Waals surface area (Å²) in [6.07, 6.45) is 3.30. The van der Waals surface area contributed by atoms with Crippen molar-refractivity contribution < 1.29 is 29.4 Å². The van der Waals surface area contributed by atoms with Crippen molar-refractivity contribution in [3.63, 3.8) is 0 Å². The first kappa shape index (κ1) is 33.8. The van der Waals surface area contributed by atoms with Crippen LogP contribution in [0.4, 0.5) is 0 Å². The molecule has 220 valence electrons. The van der Waals surface area contributed by atoms with E-state index in [9.17, 15) is 29.4 Å². The highest BCUT2D eigenvalue weighted by atomic mass is 16.4. The second-order valence-corrected chi connectivity index (χ2v) is 10.2. The van der Waals surface area contributed by atoms with Crippen molar-refractivity contribution in [2.24, 2.45) is 23.1 Å². The SMILES string of the molecule is CC(C)CC(NC(=O)C(N)Cc1ccc(O)cc1)C(=O)NC(CCCCN)C(=O)NC(CCCCN)C(=O)O. The Bertz CT molecular complexity index is 911. The van der Waals surface area contributed by atoms with Crippen molar-refractivity contribution in [2.45, 2.75) is 89.4 Å². The maximum atomic E-state index is 13.3. The molecule has 0 fully saturated rings. The van der Waals surface area contributed by atoms with E-state index in [0.29, 0.717) is 45.2 Å². The average Bonchev–Trinajstić information content (AvgIpc) is 2.88. The van der Waals surface area contributed by atoms with E-state index in [1.54, 1.807) is 12.1 Å². The largest absolute Gasteiger partial charge is 0.508 e. The number of carbonyl (C=O) groups is 4. The van der Waals surface area contributed by atoms with Crippen molar-refractivity contribution >= 4 is 23.7 Å². The zero-order chi connectivity index (χ0) is 29.4. The topological polar surface area (TPSA) is 223 Å². The van der Waals surface area contributed by atoms with Crippen LogP contribution >= 0.6 is 0 Å². The van der Waals surface area contributed by atoms with Crippen molar-refractivity contribution in [1.82, 2.24) is 16.0 Å². The van der Waals surface area contributed by atoms with E-state index in [-0.39, 0.29) is 30.9 Å². The summed E-state index contributed by atoms with van der Waals surface area (Å²) in [7, 11) is 0. The molecule has 0 aromatic heterocycles. The van der Waals surface area contributed by atoms with Gasteiger partial charge < -0.3 is 43.4 Å². The fourth-order valence-corrected chi connectivity index (χ4v) is 4.02. The fraction of sp³-hybridized carbons (Fsp3) is 0.630. The molecule has 0 aliphatic carbocycles. The molecule has 0 heterocycles. The molecule has 11 N–H and O–H groups in total. The Balaban J connectivity index is 2.95. The first-order valence-corrected chi connectivity index (χ1v) is 13.6. The van der Waals surface area contributed by atoms with Gasteiger partial charge in [0.15, 0.2) is 0 Å². The van der Waals surface area contributed by atoms with Gasteiger partial charge in [0.25, 0.3) is 0 Å². The lowest BCUT2D eigenvalue weighted by atomic mass is 10.00. The van der Waals surface area contributed by atoms with Gasteiger partial charge in [0.05, 0.1) is 6.04 Å². The summed E-state index contributed by atoms with van der Waals surface area (Å²) in [4.78, 5) is 50.9. The molecule has 4 atom stereocenters. The molecule has 1 rings (SSSR count). The van der Waals surface area contributed by atoms with Crippen LogP contribution in [0.1, 0.15) is 64.4 Å². The molecule has 3 amide bonds. The molecule has 4 unspecified atom stereocenters. The monoisotopic (exact) mass is 550 g/mol. The Morgan fingerprint density at radius 1 is 0.769 bits per heavy atom. The van der Waals surface area contributed by atoms with E-state index < -0.39 is 47.9 Å². The van der Waals surface area contributed by atoms with Gasteiger partial charge in [-0.1, -0.05) is 26.0 Å². The number of hydrogen-bond donors (Lipinski definition) is 8. The Morgan fingerprint density at radius 3 is 1.77 bits per heavy atom. The van der Waals surface area contributed by atoms with Crippen LogP contribution in [0.5, 0.6) is 5.75 Å². The van der Waals surface area contributed by atoms with Crippen LogP contribution < -0.4 is 33.2 Å². The number of aliphatic carboxylic acids is 1. The van der Waals surface area contributed by atoms with E-state index >= 15 is 0 Å². The molecule has 0 saturated carbocycles. The molecule has 0 bridgehead atoms.